The highest BCUT2D eigenvalue weighted by atomic mass is 35.5. The summed E-state index contributed by atoms with van der Waals surface area (Å²) >= 11 is 6.55. The summed E-state index contributed by atoms with van der Waals surface area (Å²) < 4.78 is 0. The van der Waals surface area contributed by atoms with Gasteiger partial charge < -0.3 is 5.32 Å². The second kappa shape index (κ2) is 10.7. The van der Waals surface area contributed by atoms with Crippen molar-refractivity contribution in [1.29, 1.82) is 0 Å². The molecular weight excluding hydrogens is 342 g/mol. The van der Waals surface area contributed by atoms with Gasteiger partial charge in [-0.25, -0.2) is 4.99 Å². The van der Waals surface area contributed by atoms with Crippen molar-refractivity contribution >= 4 is 23.5 Å². The zero-order valence-corrected chi connectivity index (χ0v) is 17.4. The lowest BCUT2D eigenvalue weighted by molar-refractivity contribution is 0.396. The van der Waals surface area contributed by atoms with E-state index >= 15 is 0 Å². The van der Waals surface area contributed by atoms with Crippen LogP contribution in [0.25, 0.3) is 0 Å². The smallest absolute Gasteiger partial charge is 0.119 e. The summed E-state index contributed by atoms with van der Waals surface area (Å²) in [5.41, 5.74) is 3.15. The average Bonchev–Trinajstić information content (AvgIpc) is 3.45. The van der Waals surface area contributed by atoms with Crippen molar-refractivity contribution in [2.45, 2.75) is 78.2 Å². The highest BCUT2D eigenvalue weighted by Gasteiger charge is 2.24. The second-order valence-corrected chi connectivity index (χ2v) is 7.90. The van der Waals surface area contributed by atoms with E-state index in [1.165, 1.54) is 50.5 Å². The van der Waals surface area contributed by atoms with Crippen LogP contribution in [0, 0.1) is 5.92 Å². The van der Waals surface area contributed by atoms with Crippen LogP contribution in [0.5, 0.6) is 0 Å². The van der Waals surface area contributed by atoms with E-state index < -0.39 is 0 Å². The molecule has 0 unspecified atom stereocenters. The van der Waals surface area contributed by atoms with Crippen molar-refractivity contribution in [1.82, 2.24) is 5.32 Å². The monoisotopic (exact) mass is 375 g/mol. The molecular formula is C22H34ClN3. The van der Waals surface area contributed by atoms with Gasteiger partial charge in [0.15, 0.2) is 0 Å². The van der Waals surface area contributed by atoms with Crippen molar-refractivity contribution < 1.29 is 0 Å². The molecule has 1 N–H and O–H groups in total. The molecule has 2 aliphatic carbocycles. The predicted octanol–water partition coefficient (Wildman–Crippen LogP) is 6.17. The zero-order valence-electron chi connectivity index (χ0n) is 16.7. The van der Waals surface area contributed by atoms with E-state index in [9.17, 15) is 0 Å². The summed E-state index contributed by atoms with van der Waals surface area (Å²) in [5, 5.41) is 4.15. The summed E-state index contributed by atoms with van der Waals surface area (Å²) in [6.07, 6.45) is 13.9. The number of rotatable bonds is 9. The lowest BCUT2D eigenvalue weighted by atomic mass is 9.95. The van der Waals surface area contributed by atoms with Crippen molar-refractivity contribution in [3.05, 3.63) is 34.7 Å². The van der Waals surface area contributed by atoms with E-state index in [2.05, 4.69) is 23.8 Å². The van der Waals surface area contributed by atoms with Gasteiger partial charge in [0, 0.05) is 24.4 Å². The number of hydrogen-bond donors (Lipinski definition) is 1. The molecule has 2 aliphatic rings. The van der Waals surface area contributed by atoms with Crippen molar-refractivity contribution in [3.8, 4) is 0 Å². The van der Waals surface area contributed by atoms with Crippen LogP contribution < -0.4 is 5.32 Å². The van der Waals surface area contributed by atoms with Gasteiger partial charge in [-0.05, 0) is 58.8 Å². The molecule has 0 aromatic rings. The summed E-state index contributed by atoms with van der Waals surface area (Å²) in [4.78, 5) is 9.29. The maximum absolute atomic E-state index is 6.55. The topological polar surface area (TPSA) is 36.8 Å². The number of allylic oxidation sites excluding steroid dienone is 4. The first-order valence-electron chi connectivity index (χ1n) is 10.1. The van der Waals surface area contributed by atoms with E-state index in [1.54, 1.807) is 0 Å². The Labute approximate surface area is 164 Å². The Kier molecular flexibility index (Phi) is 8.64. The van der Waals surface area contributed by atoms with Gasteiger partial charge in [0.05, 0.1) is 10.7 Å². The first kappa shape index (κ1) is 21.0. The third-order valence-corrected chi connectivity index (χ3v) is 5.51. The molecule has 2 rings (SSSR count). The molecule has 0 radical (unpaired) electrons. The van der Waals surface area contributed by atoms with E-state index in [-0.39, 0.29) is 0 Å². The maximum Gasteiger partial charge on any atom is 0.119 e. The Morgan fingerprint density at radius 1 is 1.19 bits per heavy atom. The zero-order chi connectivity index (χ0) is 18.9. The Morgan fingerprint density at radius 2 is 1.88 bits per heavy atom. The largest absolute Gasteiger partial charge is 0.368 e. The third-order valence-electron chi connectivity index (χ3n) is 5.11. The number of halogens is 1. The van der Waals surface area contributed by atoms with Crippen LogP contribution in [0.3, 0.4) is 0 Å². The van der Waals surface area contributed by atoms with E-state index in [1.807, 2.05) is 26.1 Å². The quantitative estimate of drug-likeness (QED) is 0.480. The summed E-state index contributed by atoms with van der Waals surface area (Å²) in [6, 6.07) is 0.481. The molecule has 0 aromatic carbocycles. The lowest BCUT2D eigenvalue weighted by Gasteiger charge is -2.24. The van der Waals surface area contributed by atoms with E-state index in [4.69, 9.17) is 16.6 Å². The Bertz CT molecular complexity index is 603. The van der Waals surface area contributed by atoms with Gasteiger partial charge in [-0.15, -0.1) is 0 Å². The summed E-state index contributed by atoms with van der Waals surface area (Å²) in [7, 11) is 0. The lowest BCUT2D eigenvalue weighted by Crippen LogP contribution is -2.30. The molecule has 3 nitrogen and oxygen atoms in total. The van der Waals surface area contributed by atoms with Crippen LogP contribution >= 0.6 is 11.6 Å². The highest BCUT2D eigenvalue weighted by molar-refractivity contribution is 6.48. The van der Waals surface area contributed by atoms with E-state index in [0.29, 0.717) is 16.9 Å². The normalized spacial score (nSPS) is 21.1. The predicted molar refractivity (Wildman–Crippen MR) is 115 cm³/mol. The van der Waals surface area contributed by atoms with Gasteiger partial charge in [-0.1, -0.05) is 49.1 Å². The fraction of sp³-hybridized carbons (Fsp3) is 0.636. The maximum atomic E-state index is 6.55. The van der Waals surface area contributed by atoms with Crippen LogP contribution in [-0.2, 0) is 0 Å². The van der Waals surface area contributed by atoms with Crippen LogP contribution in [-0.4, -0.2) is 24.5 Å². The molecule has 0 amide bonds. The van der Waals surface area contributed by atoms with Gasteiger partial charge in [-0.3, -0.25) is 4.99 Å². The Hall–Kier alpha value is -1.35. The SMILES string of the molecule is C=C(/N=C(C(/C=N\CC)=C(C)CC1CC1)\C(Cl)=C/C)NC1CCCCC1. The minimum Gasteiger partial charge on any atom is -0.368 e. The molecule has 0 atom stereocenters. The van der Waals surface area contributed by atoms with Crippen LogP contribution in [0.1, 0.15) is 72.1 Å². The van der Waals surface area contributed by atoms with Crippen molar-refractivity contribution in [2.75, 3.05) is 6.54 Å². The average molecular weight is 376 g/mol. The molecule has 2 fully saturated rings. The van der Waals surface area contributed by atoms with Crippen LogP contribution in [0.4, 0.5) is 0 Å². The van der Waals surface area contributed by atoms with E-state index in [0.717, 1.165) is 30.2 Å². The van der Waals surface area contributed by atoms with Gasteiger partial charge in [0.2, 0.25) is 0 Å². The molecule has 26 heavy (non-hydrogen) atoms. The summed E-state index contributed by atoms with van der Waals surface area (Å²) in [6.45, 7) is 11.1. The minimum absolute atomic E-state index is 0.481. The van der Waals surface area contributed by atoms with Gasteiger partial charge in [-0.2, -0.15) is 0 Å². The number of nitrogens with one attached hydrogen (secondary N) is 1. The molecule has 0 bridgehead atoms. The fourth-order valence-electron chi connectivity index (χ4n) is 3.45. The first-order valence-corrected chi connectivity index (χ1v) is 10.5. The third kappa shape index (κ3) is 6.75. The molecule has 0 aromatic heterocycles. The van der Waals surface area contributed by atoms with Gasteiger partial charge in [0.25, 0.3) is 0 Å². The number of hydrogen-bond acceptors (Lipinski definition) is 3. The van der Waals surface area contributed by atoms with Crippen LogP contribution in [0.15, 0.2) is 44.6 Å². The Balaban J connectivity index is 2.26. The highest BCUT2D eigenvalue weighted by Crippen LogP contribution is 2.36. The minimum atomic E-state index is 0.481. The molecule has 144 valence electrons. The molecule has 2 saturated carbocycles. The first-order chi connectivity index (χ1) is 12.5. The standard InChI is InChI=1S/C22H34ClN3/c1-5-21(23)22(26-17(4)25-19-10-8-7-9-11-19)20(15-24-6-2)16(3)14-18-12-13-18/h5,15,18-19,25H,4,6-14H2,1-3H3/b20-16?,21-5+,24-15-,26-22-. The Morgan fingerprint density at radius 3 is 2.46 bits per heavy atom. The molecule has 0 aliphatic heterocycles. The summed E-state index contributed by atoms with van der Waals surface area (Å²) in [5.74, 6) is 1.52. The molecule has 0 heterocycles. The van der Waals surface area contributed by atoms with Crippen LogP contribution in [0.2, 0.25) is 0 Å². The number of aliphatic imine (C=N–C) groups is 2. The second-order valence-electron chi connectivity index (χ2n) is 7.49. The fourth-order valence-corrected chi connectivity index (χ4v) is 3.59. The van der Waals surface area contributed by atoms with Crippen molar-refractivity contribution in [2.24, 2.45) is 15.9 Å². The number of nitrogens with zero attached hydrogens (tertiary/aromatic N) is 2. The molecule has 0 spiro atoms. The van der Waals surface area contributed by atoms with Crippen molar-refractivity contribution in [3.63, 3.8) is 0 Å². The molecule has 0 saturated heterocycles. The van der Waals surface area contributed by atoms with Gasteiger partial charge >= 0.3 is 0 Å². The van der Waals surface area contributed by atoms with Gasteiger partial charge in [0.1, 0.15) is 5.82 Å². The molecule has 4 heteroatoms.